The molecule has 5 heteroatoms. The Balaban J connectivity index is 0. The fourth-order valence-corrected chi connectivity index (χ4v) is 0.190. The number of hydrogen-bond acceptors (Lipinski definition) is 4. The van der Waals surface area contributed by atoms with E-state index in [9.17, 15) is 4.79 Å². The molecular weight excluding hydrogens is 146 g/mol. The summed E-state index contributed by atoms with van der Waals surface area (Å²) in [4.78, 5) is 14.6. The SMILES string of the molecule is CNOCC(=O)OC.Cl. The molecule has 0 saturated carbocycles. The third kappa shape index (κ3) is 7.68. The van der Waals surface area contributed by atoms with Crippen LogP contribution in [0, 0.1) is 0 Å². The van der Waals surface area contributed by atoms with Crippen molar-refractivity contribution in [2.45, 2.75) is 0 Å². The first kappa shape index (κ1) is 11.5. The van der Waals surface area contributed by atoms with Gasteiger partial charge in [0.1, 0.15) is 0 Å². The molecule has 0 aromatic rings. The van der Waals surface area contributed by atoms with E-state index in [2.05, 4.69) is 15.1 Å². The van der Waals surface area contributed by atoms with Crippen LogP contribution < -0.4 is 5.48 Å². The molecule has 9 heavy (non-hydrogen) atoms. The molecule has 0 atom stereocenters. The Bertz CT molecular complexity index is 78.2. The Kier molecular flexibility index (Phi) is 9.79. The van der Waals surface area contributed by atoms with Crippen LogP contribution in [0.25, 0.3) is 0 Å². The summed E-state index contributed by atoms with van der Waals surface area (Å²) in [6, 6.07) is 0. The molecule has 0 unspecified atom stereocenters. The van der Waals surface area contributed by atoms with Gasteiger partial charge < -0.3 is 4.74 Å². The van der Waals surface area contributed by atoms with Crippen molar-refractivity contribution >= 4 is 18.4 Å². The van der Waals surface area contributed by atoms with E-state index in [1.165, 1.54) is 7.11 Å². The van der Waals surface area contributed by atoms with Gasteiger partial charge >= 0.3 is 5.97 Å². The van der Waals surface area contributed by atoms with Crippen molar-refractivity contribution < 1.29 is 14.4 Å². The van der Waals surface area contributed by atoms with Gasteiger partial charge in [-0.1, -0.05) is 0 Å². The maximum absolute atomic E-state index is 10.2. The zero-order valence-corrected chi connectivity index (χ0v) is 6.16. The van der Waals surface area contributed by atoms with E-state index in [4.69, 9.17) is 0 Å². The molecule has 1 N–H and O–H groups in total. The second-order valence-electron chi connectivity index (χ2n) is 1.07. The molecule has 4 nitrogen and oxygen atoms in total. The Labute approximate surface area is 59.9 Å². The molecule has 0 aromatic heterocycles. The first-order valence-electron chi connectivity index (χ1n) is 2.16. The molecule has 0 spiro atoms. The van der Waals surface area contributed by atoms with Crippen LogP contribution in [0.2, 0.25) is 0 Å². The summed E-state index contributed by atoms with van der Waals surface area (Å²) in [7, 11) is 2.88. The second kappa shape index (κ2) is 7.68. The molecule has 0 aliphatic rings. The van der Waals surface area contributed by atoms with Crippen LogP contribution in [0.4, 0.5) is 0 Å². The van der Waals surface area contributed by atoms with Crippen LogP contribution in [-0.2, 0) is 14.4 Å². The molecule has 0 rings (SSSR count). The van der Waals surface area contributed by atoms with Crippen LogP contribution in [0.15, 0.2) is 0 Å². The predicted molar refractivity (Wildman–Crippen MR) is 34.3 cm³/mol. The normalized spacial score (nSPS) is 7.78. The first-order valence-corrected chi connectivity index (χ1v) is 2.16. The lowest BCUT2D eigenvalue weighted by atomic mass is 10.7. The summed E-state index contributed by atoms with van der Waals surface area (Å²) in [5.41, 5.74) is 2.33. The summed E-state index contributed by atoms with van der Waals surface area (Å²) in [5, 5.41) is 0. The number of halogens is 1. The Morgan fingerprint density at radius 3 is 2.56 bits per heavy atom. The van der Waals surface area contributed by atoms with Gasteiger partial charge in [-0.3, -0.25) is 4.84 Å². The average Bonchev–Trinajstić information content (AvgIpc) is 1.83. The molecule has 0 aliphatic carbocycles. The molecular formula is C4H10ClNO3. The van der Waals surface area contributed by atoms with E-state index in [-0.39, 0.29) is 25.0 Å². The van der Waals surface area contributed by atoms with E-state index in [1.54, 1.807) is 7.05 Å². The van der Waals surface area contributed by atoms with Gasteiger partial charge in [-0.25, -0.2) is 10.3 Å². The van der Waals surface area contributed by atoms with Crippen LogP contribution in [0.1, 0.15) is 0 Å². The smallest absolute Gasteiger partial charge is 0.333 e. The minimum Gasteiger partial charge on any atom is -0.467 e. The molecule has 0 saturated heterocycles. The highest BCUT2D eigenvalue weighted by atomic mass is 35.5. The van der Waals surface area contributed by atoms with Gasteiger partial charge in [-0.15, -0.1) is 12.4 Å². The van der Waals surface area contributed by atoms with Gasteiger partial charge in [0.2, 0.25) is 0 Å². The maximum atomic E-state index is 10.2. The van der Waals surface area contributed by atoms with Crippen molar-refractivity contribution in [1.29, 1.82) is 0 Å². The number of hydrogen-bond donors (Lipinski definition) is 1. The molecule has 0 heterocycles. The van der Waals surface area contributed by atoms with Crippen LogP contribution in [0.5, 0.6) is 0 Å². The van der Waals surface area contributed by atoms with Crippen molar-refractivity contribution in [3.05, 3.63) is 0 Å². The number of esters is 1. The number of nitrogens with one attached hydrogen (secondary N) is 1. The second-order valence-corrected chi connectivity index (χ2v) is 1.07. The quantitative estimate of drug-likeness (QED) is 0.451. The molecule has 0 aromatic carbocycles. The summed E-state index contributed by atoms with van der Waals surface area (Å²) < 4.78 is 4.25. The van der Waals surface area contributed by atoms with E-state index in [0.29, 0.717) is 0 Å². The molecule has 0 fully saturated rings. The zero-order chi connectivity index (χ0) is 6.41. The van der Waals surface area contributed by atoms with Gasteiger partial charge in [0, 0.05) is 7.05 Å². The monoisotopic (exact) mass is 155 g/mol. The topological polar surface area (TPSA) is 47.6 Å². The highest BCUT2D eigenvalue weighted by Gasteiger charge is 1.95. The summed E-state index contributed by atoms with van der Waals surface area (Å²) in [5.74, 6) is -0.389. The molecule has 0 radical (unpaired) electrons. The maximum Gasteiger partial charge on any atom is 0.333 e. The number of rotatable bonds is 3. The van der Waals surface area contributed by atoms with Crippen molar-refractivity contribution in [2.24, 2.45) is 0 Å². The van der Waals surface area contributed by atoms with E-state index >= 15 is 0 Å². The molecule has 0 aliphatic heterocycles. The number of carbonyl (C=O) groups excluding carboxylic acids is 1. The van der Waals surface area contributed by atoms with E-state index in [0.717, 1.165) is 0 Å². The third-order valence-electron chi connectivity index (χ3n) is 0.562. The van der Waals surface area contributed by atoms with Crippen molar-refractivity contribution in [2.75, 3.05) is 20.8 Å². The predicted octanol–water partition coefficient (Wildman–Crippen LogP) is -0.268. The van der Waals surface area contributed by atoms with Crippen LogP contribution in [0.3, 0.4) is 0 Å². The van der Waals surface area contributed by atoms with Crippen molar-refractivity contribution in [1.82, 2.24) is 5.48 Å². The van der Waals surface area contributed by atoms with E-state index < -0.39 is 0 Å². The lowest BCUT2D eigenvalue weighted by Gasteiger charge is -1.96. The minimum atomic E-state index is -0.389. The fraction of sp³-hybridized carbons (Fsp3) is 0.750. The minimum absolute atomic E-state index is 0. The highest BCUT2D eigenvalue weighted by Crippen LogP contribution is 1.71. The number of carbonyl (C=O) groups is 1. The van der Waals surface area contributed by atoms with Gasteiger partial charge in [-0.2, -0.15) is 0 Å². The molecule has 56 valence electrons. The lowest BCUT2D eigenvalue weighted by molar-refractivity contribution is -0.148. The number of methoxy groups -OCH3 is 1. The Morgan fingerprint density at radius 1 is 1.67 bits per heavy atom. The third-order valence-corrected chi connectivity index (χ3v) is 0.562. The fourth-order valence-electron chi connectivity index (χ4n) is 0.190. The molecule has 0 amide bonds. The van der Waals surface area contributed by atoms with Crippen LogP contribution in [-0.4, -0.2) is 26.7 Å². The summed E-state index contributed by atoms with van der Waals surface area (Å²) in [6.45, 7) is -0.0486. The largest absolute Gasteiger partial charge is 0.467 e. The Hall–Kier alpha value is -0.320. The average molecular weight is 156 g/mol. The molecule has 0 bridgehead atoms. The van der Waals surface area contributed by atoms with Crippen LogP contribution >= 0.6 is 12.4 Å². The zero-order valence-electron chi connectivity index (χ0n) is 5.34. The van der Waals surface area contributed by atoms with Crippen molar-refractivity contribution in [3.8, 4) is 0 Å². The summed E-state index contributed by atoms with van der Waals surface area (Å²) >= 11 is 0. The van der Waals surface area contributed by atoms with Gasteiger partial charge in [0.25, 0.3) is 0 Å². The van der Waals surface area contributed by atoms with Gasteiger partial charge in [-0.05, 0) is 0 Å². The number of ether oxygens (including phenoxy) is 1. The number of hydroxylamine groups is 1. The highest BCUT2D eigenvalue weighted by molar-refractivity contribution is 5.85. The van der Waals surface area contributed by atoms with Crippen molar-refractivity contribution in [3.63, 3.8) is 0 Å². The van der Waals surface area contributed by atoms with E-state index in [1.807, 2.05) is 0 Å². The van der Waals surface area contributed by atoms with Gasteiger partial charge in [0.15, 0.2) is 6.61 Å². The lowest BCUT2D eigenvalue weighted by Crippen LogP contribution is -2.16. The Morgan fingerprint density at radius 2 is 2.22 bits per heavy atom. The van der Waals surface area contributed by atoms with Gasteiger partial charge in [0.05, 0.1) is 7.11 Å². The first-order chi connectivity index (χ1) is 3.81. The summed E-state index contributed by atoms with van der Waals surface area (Å²) in [6.07, 6.45) is 0. The standard InChI is InChI=1S/C4H9NO3.ClH/c1-5-8-3-4(6)7-2;/h5H,3H2,1-2H3;1H.